The van der Waals surface area contributed by atoms with Gasteiger partial charge in [-0.15, -0.1) is 21.5 Å². The molecule has 152 valence electrons. The van der Waals surface area contributed by atoms with Crippen molar-refractivity contribution in [2.45, 2.75) is 37.5 Å². The van der Waals surface area contributed by atoms with E-state index in [4.69, 9.17) is 5.73 Å². The zero-order valence-electron chi connectivity index (χ0n) is 15.4. The number of rotatable bonds is 3. The van der Waals surface area contributed by atoms with Crippen LogP contribution in [0.25, 0.3) is 11.3 Å². The van der Waals surface area contributed by atoms with E-state index in [1.165, 1.54) is 6.20 Å². The quantitative estimate of drug-likeness (QED) is 0.700. The fraction of sp³-hybridized carbons (Fsp3) is 0.444. The van der Waals surface area contributed by atoms with Gasteiger partial charge < -0.3 is 5.73 Å². The Morgan fingerprint density at radius 3 is 2.79 bits per heavy atom. The Bertz CT molecular complexity index is 1050. The van der Waals surface area contributed by atoms with Crippen LogP contribution in [-0.2, 0) is 24.7 Å². The number of nitrogen functional groups attached to an aromatic ring is 1. The molecule has 5 heterocycles. The number of nitrogens with zero attached hydrogens (tertiary/aromatic N) is 6. The first-order valence-corrected chi connectivity index (χ1v) is 10.1. The molecule has 5 rings (SSSR count). The van der Waals surface area contributed by atoms with Gasteiger partial charge in [0.2, 0.25) is 0 Å². The second-order valence-corrected chi connectivity index (χ2v) is 8.53. The Kier molecular flexibility index (Phi) is 4.14. The third kappa shape index (κ3) is 3.18. The van der Waals surface area contributed by atoms with E-state index in [1.54, 1.807) is 16.8 Å². The summed E-state index contributed by atoms with van der Waals surface area (Å²) in [6, 6.07) is 2.94. The number of anilines is 1. The van der Waals surface area contributed by atoms with E-state index in [9.17, 15) is 13.2 Å². The van der Waals surface area contributed by atoms with Crippen molar-refractivity contribution in [1.29, 1.82) is 0 Å². The summed E-state index contributed by atoms with van der Waals surface area (Å²) >= 11 is 1.54. The van der Waals surface area contributed by atoms with E-state index in [1.807, 2.05) is 10.7 Å². The van der Waals surface area contributed by atoms with Crippen LogP contribution in [0.3, 0.4) is 0 Å². The number of hydrogen-bond donors (Lipinski definition) is 1. The molecular weight excluding hydrogens is 403 g/mol. The zero-order valence-corrected chi connectivity index (χ0v) is 16.2. The van der Waals surface area contributed by atoms with Crippen molar-refractivity contribution in [3.63, 3.8) is 0 Å². The molecule has 1 saturated heterocycles. The molecule has 1 fully saturated rings. The maximum atomic E-state index is 13.2. The average Bonchev–Trinajstić information content (AvgIpc) is 3.43. The maximum Gasteiger partial charge on any atom is 0.419 e. The summed E-state index contributed by atoms with van der Waals surface area (Å²) in [6.45, 7) is 3.36. The summed E-state index contributed by atoms with van der Waals surface area (Å²) in [7, 11) is 0. The van der Waals surface area contributed by atoms with Gasteiger partial charge in [0.15, 0.2) is 0 Å². The molecule has 0 aromatic carbocycles. The van der Waals surface area contributed by atoms with Crippen molar-refractivity contribution in [3.8, 4) is 11.3 Å². The molecule has 11 heteroatoms. The van der Waals surface area contributed by atoms with E-state index < -0.39 is 17.6 Å². The normalized spacial score (nSPS) is 21.9. The highest BCUT2D eigenvalue weighted by Crippen LogP contribution is 2.44. The molecular formula is C18H18F3N7S. The van der Waals surface area contributed by atoms with Crippen molar-refractivity contribution in [2.75, 3.05) is 18.8 Å². The molecule has 2 aliphatic rings. The molecule has 0 radical (unpaired) electrons. The first-order valence-electron chi connectivity index (χ1n) is 9.23. The first kappa shape index (κ1) is 18.5. The van der Waals surface area contributed by atoms with Gasteiger partial charge in [0.05, 0.1) is 17.8 Å². The van der Waals surface area contributed by atoms with Gasteiger partial charge in [-0.2, -0.15) is 18.3 Å². The monoisotopic (exact) mass is 421 g/mol. The SMILES string of the molecule is Nc1ncc(-c2cc3n(n2)CC[C@@]32CCN(Cc3nncs3)C2)cc1C(F)(F)F. The van der Waals surface area contributed by atoms with Gasteiger partial charge in [-0.05, 0) is 31.5 Å². The molecule has 0 saturated carbocycles. The number of aromatic nitrogens is 5. The summed E-state index contributed by atoms with van der Waals surface area (Å²) in [6.07, 6.45) is -1.22. The van der Waals surface area contributed by atoms with Crippen LogP contribution in [-0.4, -0.2) is 43.0 Å². The number of pyridine rings is 1. The van der Waals surface area contributed by atoms with Crippen molar-refractivity contribution >= 4 is 17.2 Å². The average molecular weight is 421 g/mol. The van der Waals surface area contributed by atoms with Crippen LogP contribution in [0.2, 0.25) is 0 Å². The van der Waals surface area contributed by atoms with Gasteiger partial charge in [0.1, 0.15) is 16.3 Å². The number of halogens is 3. The van der Waals surface area contributed by atoms with Crippen LogP contribution in [0.4, 0.5) is 19.0 Å². The fourth-order valence-corrected chi connectivity index (χ4v) is 4.98. The van der Waals surface area contributed by atoms with Crippen LogP contribution in [0.5, 0.6) is 0 Å². The lowest BCUT2D eigenvalue weighted by Gasteiger charge is -2.23. The van der Waals surface area contributed by atoms with Crippen LogP contribution in [0.1, 0.15) is 29.1 Å². The van der Waals surface area contributed by atoms with Gasteiger partial charge >= 0.3 is 6.18 Å². The summed E-state index contributed by atoms with van der Waals surface area (Å²) in [5.74, 6) is -0.521. The number of alkyl halides is 3. The smallest absolute Gasteiger partial charge is 0.383 e. The molecule has 1 spiro atoms. The van der Waals surface area contributed by atoms with Gasteiger partial charge in [0, 0.05) is 36.0 Å². The second-order valence-electron chi connectivity index (χ2n) is 7.62. The van der Waals surface area contributed by atoms with Crippen molar-refractivity contribution in [3.05, 3.63) is 40.1 Å². The van der Waals surface area contributed by atoms with Crippen LogP contribution in [0, 0.1) is 0 Å². The number of fused-ring (bicyclic) bond motifs is 2. The molecule has 29 heavy (non-hydrogen) atoms. The Labute approximate surface area is 168 Å². The minimum Gasteiger partial charge on any atom is -0.383 e. The Morgan fingerprint density at radius 2 is 2.03 bits per heavy atom. The highest BCUT2D eigenvalue weighted by molar-refractivity contribution is 7.09. The van der Waals surface area contributed by atoms with Crippen molar-refractivity contribution in [2.24, 2.45) is 0 Å². The molecule has 0 amide bonds. The maximum absolute atomic E-state index is 13.2. The first-order chi connectivity index (χ1) is 13.8. The van der Waals surface area contributed by atoms with E-state index in [0.29, 0.717) is 11.3 Å². The third-order valence-electron chi connectivity index (χ3n) is 5.84. The second kappa shape index (κ2) is 6.49. The lowest BCUT2D eigenvalue weighted by atomic mass is 9.82. The van der Waals surface area contributed by atoms with E-state index in [-0.39, 0.29) is 5.41 Å². The van der Waals surface area contributed by atoms with Crippen LogP contribution in [0.15, 0.2) is 23.8 Å². The topological polar surface area (TPSA) is 85.8 Å². The summed E-state index contributed by atoms with van der Waals surface area (Å²) in [5.41, 5.74) is 8.10. The third-order valence-corrected chi connectivity index (χ3v) is 6.52. The van der Waals surface area contributed by atoms with Crippen LogP contribution >= 0.6 is 11.3 Å². The molecule has 3 aromatic rings. The van der Waals surface area contributed by atoms with E-state index >= 15 is 0 Å². The molecule has 0 bridgehead atoms. The molecule has 2 aliphatic heterocycles. The number of nitrogens with two attached hydrogens (primary N) is 1. The lowest BCUT2D eigenvalue weighted by molar-refractivity contribution is -0.137. The molecule has 0 unspecified atom stereocenters. The summed E-state index contributed by atoms with van der Waals surface area (Å²) in [5, 5.41) is 13.6. The predicted octanol–water partition coefficient (Wildman–Crippen LogP) is 2.95. The minimum absolute atomic E-state index is 0.0238. The standard InChI is InChI=1S/C18H18F3N7S/c19-18(20,21)12-5-11(7-23-16(12)22)13-6-14-17(2-4-28(14)26-13)1-3-27(9-17)8-15-25-24-10-29-15/h5-7,10H,1-4,8-9H2,(H2,22,23)/t17-/m1/s1. The number of hydrogen-bond acceptors (Lipinski definition) is 7. The van der Waals surface area contributed by atoms with Gasteiger partial charge in [0.25, 0.3) is 0 Å². The Balaban J connectivity index is 1.43. The van der Waals surface area contributed by atoms with Gasteiger partial charge in [-0.3, -0.25) is 9.58 Å². The molecule has 7 nitrogen and oxygen atoms in total. The van der Waals surface area contributed by atoms with E-state index in [2.05, 4.69) is 25.2 Å². The fourth-order valence-electron chi connectivity index (χ4n) is 4.41. The number of likely N-dealkylation sites (tertiary alicyclic amines) is 1. The Morgan fingerprint density at radius 1 is 1.21 bits per heavy atom. The molecule has 2 N–H and O–H groups in total. The summed E-state index contributed by atoms with van der Waals surface area (Å²) < 4.78 is 41.5. The van der Waals surface area contributed by atoms with Gasteiger partial charge in [-0.1, -0.05) is 0 Å². The van der Waals surface area contributed by atoms with Crippen molar-refractivity contribution in [1.82, 2.24) is 29.9 Å². The zero-order chi connectivity index (χ0) is 20.2. The van der Waals surface area contributed by atoms with Crippen molar-refractivity contribution < 1.29 is 13.2 Å². The van der Waals surface area contributed by atoms with E-state index in [0.717, 1.165) is 55.8 Å². The highest BCUT2D eigenvalue weighted by Gasteiger charge is 2.45. The minimum atomic E-state index is -4.55. The van der Waals surface area contributed by atoms with Gasteiger partial charge in [-0.25, -0.2) is 4.98 Å². The highest BCUT2D eigenvalue weighted by atomic mass is 32.1. The molecule has 0 aliphatic carbocycles. The predicted molar refractivity (Wildman–Crippen MR) is 101 cm³/mol. The number of aryl methyl sites for hydroxylation is 1. The molecule has 1 atom stereocenters. The summed E-state index contributed by atoms with van der Waals surface area (Å²) in [4.78, 5) is 6.09. The molecule has 3 aromatic heterocycles. The lowest BCUT2D eigenvalue weighted by Crippen LogP contribution is -2.28. The largest absolute Gasteiger partial charge is 0.419 e. The van der Waals surface area contributed by atoms with Crippen LogP contribution < -0.4 is 5.73 Å². The Hall–Kier alpha value is -2.53.